The van der Waals surface area contributed by atoms with Gasteiger partial charge >= 0.3 is 0 Å². The van der Waals surface area contributed by atoms with E-state index in [1.54, 1.807) is 0 Å². The van der Waals surface area contributed by atoms with Gasteiger partial charge in [0.15, 0.2) is 0 Å². The first-order valence-corrected chi connectivity index (χ1v) is 7.75. The summed E-state index contributed by atoms with van der Waals surface area (Å²) in [5.41, 5.74) is 0. The molecule has 0 spiro atoms. The van der Waals surface area contributed by atoms with E-state index in [0.717, 1.165) is 12.0 Å². The van der Waals surface area contributed by atoms with Gasteiger partial charge in [-0.15, -0.1) is 0 Å². The SMILES string of the molecule is CC(C)CSCCCNC1CCCCC1. The van der Waals surface area contributed by atoms with E-state index >= 15 is 0 Å². The van der Waals surface area contributed by atoms with Crippen LogP contribution in [0.2, 0.25) is 0 Å². The standard InChI is InChI=1S/C13H27NS/c1-12(2)11-15-10-6-9-14-13-7-4-3-5-8-13/h12-14H,3-11H2,1-2H3. The first-order chi connectivity index (χ1) is 7.29. The molecule has 0 aromatic carbocycles. The van der Waals surface area contributed by atoms with E-state index in [9.17, 15) is 0 Å². The highest BCUT2D eigenvalue weighted by Gasteiger charge is 2.11. The van der Waals surface area contributed by atoms with Crippen molar-refractivity contribution in [1.29, 1.82) is 0 Å². The van der Waals surface area contributed by atoms with E-state index in [4.69, 9.17) is 0 Å². The molecule has 0 radical (unpaired) electrons. The second-order valence-electron chi connectivity index (χ2n) is 5.11. The lowest BCUT2D eigenvalue weighted by atomic mass is 9.95. The van der Waals surface area contributed by atoms with Crippen LogP contribution >= 0.6 is 11.8 Å². The van der Waals surface area contributed by atoms with E-state index in [1.165, 1.54) is 56.6 Å². The third kappa shape index (κ3) is 7.24. The summed E-state index contributed by atoms with van der Waals surface area (Å²) in [7, 11) is 0. The molecule has 0 unspecified atom stereocenters. The van der Waals surface area contributed by atoms with Gasteiger partial charge < -0.3 is 5.32 Å². The van der Waals surface area contributed by atoms with E-state index in [2.05, 4.69) is 30.9 Å². The number of thioether (sulfide) groups is 1. The predicted molar refractivity (Wildman–Crippen MR) is 71.7 cm³/mol. The lowest BCUT2D eigenvalue weighted by Crippen LogP contribution is -2.31. The van der Waals surface area contributed by atoms with Gasteiger partial charge in [-0.2, -0.15) is 11.8 Å². The molecule has 1 saturated carbocycles. The Balaban J connectivity index is 1.83. The Kier molecular flexibility index (Phi) is 7.54. The van der Waals surface area contributed by atoms with Crippen LogP contribution in [0.25, 0.3) is 0 Å². The van der Waals surface area contributed by atoms with Gasteiger partial charge in [0.2, 0.25) is 0 Å². The molecular weight excluding hydrogens is 202 g/mol. The minimum absolute atomic E-state index is 0.842. The minimum atomic E-state index is 0.842. The minimum Gasteiger partial charge on any atom is -0.314 e. The topological polar surface area (TPSA) is 12.0 Å². The molecule has 2 heteroatoms. The zero-order valence-electron chi connectivity index (χ0n) is 10.4. The highest BCUT2D eigenvalue weighted by molar-refractivity contribution is 7.99. The fourth-order valence-corrected chi connectivity index (χ4v) is 3.09. The van der Waals surface area contributed by atoms with Crippen molar-refractivity contribution in [2.24, 2.45) is 5.92 Å². The average molecular weight is 229 g/mol. The Morgan fingerprint density at radius 3 is 2.60 bits per heavy atom. The molecule has 1 fully saturated rings. The van der Waals surface area contributed by atoms with Crippen LogP contribution < -0.4 is 5.32 Å². The largest absolute Gasteiger partial charge is 0.314 e. The molecule has 1 aliphatic carbocycles. The van der Waals surface area contributed by atoms with Crippen molar-refractivity contribution < 1.29 is 0 Å². The molecule has 0 bridgehead atoms. The van der Waals surface area contributed by atoms with Gasteiger partial charge in [0.05, 0.1) is 0 Å². The van der Waals surface area contributed by atoms with Crippen molar-refractivity contribution in [3.63, 3.8) is 0 Å². The van der Waals surface area contributed by atoms with Gasteiger partial charge in [0.25, 0.3) is 0 Å². The van der Waals surface area contributed by atoms with Gasteiger partial charge in [-0.1, -0.05) is 33.1 Å². The maximum atomic E-state index is 3.70. The smallest absolute Gasteiger partial charge is 0.00670 e. The van der Waals surface area contributed by atoms with E-state index in [0.29, 0.717) is 0 Å². The summed E-state index contributed by atoms with van der Waals surface area (Å²) in [6, 6.07) is 0.842. The third-order valence-corrected chi connectivity index (χ3v) is 4.43. The fraction of sp³-hybridized carbons (Fsp3) is 1.00. The number of rotatable bonds is 7. The van der Waals surface area contributed by atoms with Gasteiger partial charge in [-0.25, -0.2) is 0 Å². The van der Waals surface area contributed by atoms with Gasteiger partial charge in [0, 0.05) is 6.04 Å². The number of hydrogen-bond acceptors (Lipinski definition) is 2. The first-order valence-electron chi connectivity index (χ1n) is 6.60. The first kappa shape index (κ1) is 13.4. The molecule has 0 atom stereocenters. The Morgan fingerprint density at radius 2 is 1.93 bits per heavy atom. The molecule has 0 aromatic rings. The molecule has 0 amide bonds. The lowest BCUT2D eigenvalue weighted by molar-refractivity contribution is 0.375. The molecule has 1 rings (SSSR count). The summed E-state index contributed by atoms with van der Waals surface area (Å²) in [4.78, 5) is 0. The van der Waals surface area contributed by atoms with Crippen LogP contribution in [0.4, 0.5) is 0 Å². The molecule has 90 valence electrons. The summed E-state index contributed by atoms with van der Waals surface area (Å²) in [5.74, 6) is 3.50. The van der Waals surface area contributed by atoms with Gasteiger partial charge in [-0.3, -0.25) is 0 Å². The number of nitrogens with one attached hydrogen (secondary N) is 1. The molecule has 0 aromatic heterocycles. The second-order valence-corrected chi connectivity index (χ2v) is 6.26. The average Bonchev–Trinajstić information content (AvgIpc) is 2.24. The Labute approximate surface area is 99.8 Å². The molecular formula is C13H27NS. The van der Waals surface area contributed by atoms with Crippen molar-refractivity contribution in [3.8, 4) is 0 Å². The maximum absolute atomic E-state index is 3.70. The van der Waals surface area contributed by atoms with Crippen LogP contribution in [0, 0.1) is 5.92 Å². The Bertz CT molecular complexity index is 141. The highest BCUT2D eigenvalue weighted by Crippen LogP contribution is 2.17. The van der Waals surface area contributed by atoms with Crippen molar-refractivity contribution in [3.05, 3.63) is 0 Å². The van der Waals surface area contributed by atoms with Crippen LogP contribution in [-0.4, -0.2) is 24.1 Å². The Morgan fingerprint density at radius 1 is 1.20 bits per heavy atom. The molecule has 1 nitrogen and oxygen atoms in total. The molecule has 15 heavy (non-hydrogen) atoms. The summed E-state index contributed by atoms with van der Waals surface area (Å²) < 4.78 is 0. The van der Waals surface area contributed by atoms with E-state index < -0.39 is 0 Å². The maximum Gasteiger partial charge on any atom is 0.00670 e. The van der Waals surface area contributed by atoms with Crippen molar-refractivity contribution in [1.82, 2.24) is 5.32 Å². The zero-order valence-corrected chi connectivity index (χ0v) is 11.2. The Hall–Kier alpha value is 0.310. The van der Waals surface area contributed by atoms with Crippen LogP contribution in [0.15, 0.2) is 0 Å². The fourth-order valence-electron chi connectivity index (χ4n) is 2.11. The molecule has 0 saturated heterocycles. The van der Waals surface area contributed by atoms with Gasteiger partial charge in [0.1, 0.15) is 0 Å². The summed E-state index contributed by atoms with van der Waals surface area (Å²) in [6.45, 7) is 5.83. The molecule has 1 aliphatic rings. The highest BCUT2D eigenvalue weighted by atomic mass is 32.2. The van der Waals surface area contributed by atoms with E-state index in [-0.39, 0.29) is 0 Å². The van der Waals surface area contributed by atoms with E-state index in [1.807, 2.05) is 0 Å². The molecule has 0 heterocycles. The van der Waals surface area contributed by atoms with Crippen LogP contribution in [0.5, 0.6) is 0 Å². The quantitative estimate of drug-likeness (QED) is 0.668. The summed E-state index contributed by atoms with van der Waals surface area (Å²) >= 11 is 2.11. The summed E-state index contributed by atoms with van der Waals surface area (Å²) in [5, 5.41) is 3.70. The van der Waals surface area contributed by atoms with Crippen molar-refractivity contribution in [2.45, 2.75) is 58.4 Å². The molecule has 0 aliphatic heterocycles. The molecule has 1 N–H and O–H groups in total. The van der Waals surface area contributed by atoms with Crippen molar-refractivity contribution >= 4 is 11.8 Å². The summed E-state index contributed by atoms with van der Waals surface area (Å²) in [6.07, 6.45) is 8.52. The predicted octanol–water partition coefficient (Wildman–Crippen LogP) is 3.69. The van der Waals surface area contributed by atoms with Crippen LogP contribution in [0.1, 0.15) is 52.4 Å². The lowest BCUT2D eigenvalue weighted by Gasteiger charge is -2.22. The van der Waals surface area contributed by atoms with Crippen molar-refractivity contribution in [2.75, 3.05) is 18.1 Å². The zero-order chi connectivity index (χ0) is 10.9. The monoisotopic (exact) mass is 229 g/mol. The second kappa shape index (κ2) is 8.46. The normalized spacial score (nSPS) is 18.6. The number of hydrogen-bond donors (Lipinski definition) is 1. The van der Waals surface area contributed by atoms with Gasteiger partial charge in [-0.05, 0) is 43.2 Å². The third-order valence-electron chi connectivity index (χ3n) is 2.95. The van der Waals surface area contributed by atoms with Crippen LogP contribution in [0.3, 0.4) is 0 Å². The van der Waals surface area contributed by atoms with Crippen LogP contribution in [-0.2, 0) is 0 Å².